The lowest BCUT2D eigenvalue weighted by Gasteiger charge is -2.42. The minimum Gasteiger partial charge on any atom is -0.376 e. The van der Waals surface area contributed by atoms with E-state index in [1.54, 1.807) is 32.2 Å². The molecule has 1 fully saturated rings. The summed E-state index contributed by atoms with van der Waals surface area (Å²) < 4.78 is 5.73. The molecule has 0 bridgehead atoms. The van der Waals surface area contributed by atoms with Gasteiger partial charge in [0.15, 0.2) is 0 Å². The van der Waals surface area contributed by atoms with Crippen molar-refractivity contribution < 1.29 is 14.3 Å². The Kier molecular flexibility index (Phi) is 5.88. The number of piperidine rings is 1. The maximum Gasteiger partial charge on any atom is 0.257 e. The van der Waals surface area contributed by atoms with Gasteiger partial charge in [-0.05, 0) is 33.1 Å². The highest BCUT2D eigenvalue weighted by Crippen LogP contribution is 2.30. The molecule has 0 spiro atoms. The minimum absolute atomic E-state index is 0.0161. The highest BCUT2D eigenvalue weighted by atomic mass is 16.5. The fourth-order valence-corrected chi connectivity index (χ4v) is 3.17. The summed E-state index contributed by atoms with van der Waals surface area (Å²) in [6.07, 6.45) is 4.26. The smallest absolute Gasteiger partial charge is 0.257 e. The maximum atomic E-state index is 12.8. The van der Waals surface area contributed by atoms with Crippen molar-refractivity contribution >= 4 is 11.8 Å². The van der Waals surface area contributed by atoms with Gasteiger partial charge in [0.25, 0.3) is 5.91 Å². The summed E-state index contributed by atoms with van der Waals surface area (Å²) in [6, 6.07) is 0. The molecule has 2 heterocycles. The van der Waals surface area contributed by atoms with Crippen molar-refractivity contribution in [3.05, 3.63) is 23.3 Å². The molecule has 0 aromatic carbocycles. The summed E-state index contributed by atoms with van der Waals surface area (Å²) in [6.45, 7) is 4.78. The van der Waals surface area contributed by atoms with Gasteiger partial charge in [-0.3, -0.25) is 9.59 Å². The number of hydrogen-bond acceptors (Lipinski definition) is 5. The molecule has 1 atom stereocenters. The van der Waals surface area contributed by atoms with Crippen LogP contribution in [0.3, 0.4) is 0 Å². The molecule has 24 heavy (non-hydrogen) atoms. The van der Waals surface area contributed by atoms with Crippen molar-refractivity contribution in [3.8, 4) is 0 Å². The molecule has 132 valence electrons. The van der Waals surface area contributed by atoms with Crippen LogP contribution in [0.4, 0.5) is 0 Å². The van der Waals surface area contributed by atoms with E-state index in [4.69, 9.17) is 4.74 Å². The standard InChI is InChI=1S/C17H26N4O3/c1-12-14(10-19-13(2)20-12)16(23)21-9-5-7-17(11-21,24-4)8-6-15(22)18-3/h10H,5-9,11H2,1-4H3,(H,18,22)/t17-/m0/s1. The Morgan fingerprint density at radius 2 is 2.17 bits per heavy atom. The fourth-order valence-electron chi connectivity index (χ4n) is 3.17. The lowest BCUT2D eigenvalue weighted by molar-refractivity contribution is -0.123. The van der Waals surface area contributed by atoms with Gasteiger partial charge in [0.05, 0.1) is 16.9 Å². The number of carbonyl (C=O) groups excluding carboxylic acids is 2. The van der Waals surface area contributed by atoms with Crippen molar-refractivity contribution in [2.45, 2.75) is 45.1 Å². The summed E-state index contributed by atoms with van der Waals surface area (Å²) in [5, 5.41) is 2.63. The number of amides is 2. The van der Waals surface area contributed by atoms with Crippen molar-refractivity contribution in [1.82, 2.24) is 20.2 Å². The summed E-state index contributed by atoms with van der Waals surface area (Å²) in [5.41, 5.74) is 0.741. The third kappa shape index (κ3) is 4.08. The van der Waals surface area contributed by atoms with Gasteiger partial charge in [0, 0.05) is 39.9 Å². The monoisotopic (exact) mass is 334 g/mol. The normalized spacial score (nSPS) is 20.8. The number of aromatic nitrogens is 2. The lowest BCUT2D eigenvalue weighted by atomic mass is 9.87. The second kappa shape index (κ2) is 7.70. The third-order valence-electron chi connectivity index (χ3n) is 4.68. The zero-order valence-electron chi connectivity index (χ0n) is 14.9. The van der Waals surface area contributed by atoms with Crippen LogP contribution in [0.2, 0.25) is 0 Å². The molecule has 1 N–H and O–H groups in total. The second-order valence-electron chi connectivity index (χ2n) is 6.31. The molecule has 7 heteroatoms. The van der Waals surface area contributed by atoms with E-state index >= 15 is 0 Å². The number of rotatable bonds is 5. The topological polar surface area (TPSA) is 84.4 Å². The minimum atomic E-state index is -0.472. The largest absolute Gasteiger partial charge is 0.376 e. The zero-order valence-corrected chi connectivity index (χ0v) is 14.9. The first-order valence-electron chi connectivity index (χ1n) is 8.26. The van der Waals surface area contributed by atoms with Gasteiger partial charge in [-0.25, -0.2) is 9.97 Å². The molecule has 1 aliphatic heterocycles. The zero-order chi connectivity index (χ0) is 17.7. The molecular formula is C17H26N4O3. The van der Waals surface area contributed by atoms with Gasteiger partial charge in [-0.1, -0.05) is 0 Å². The molecule has 7 nitrogen and oxygen atoms in total. The van der Waals surface area contributed by atoms with Gasteiger partial charge in [-0.15, -0.1) is 0 Å². The van der Waals surface area contributed by atoms with E-state index in [0.717, 1.165) is 12.8 Å². The average molecular weight is 334 g/mol. The van der Waals surface area contributed by atoms with Crippen LogP contribution in [0, 0.1) is 13.8 Å². The Hall–Kier alpha value is -2.02. The molecule has 1 saturated heterocycles. The predicted molar refractivity (Wildman–Crippen MR) is 89.7 cm³/mol. The first-order chi connectivity index (χ1) is 11.4. The van der Waals surface area contributed by atoms with Crippen LogP contribution in [0.5, 0.6) is 0 Å². The van der Waals surface area contributed by atoms with E-state index in [1.165, 1.54) is 0 Å². The molecule has 1 aromatic rings. The Balaban J connectivity index is 2.13. The summed E-state index contributed by atoms with van der Waals surface area (Å²) >= 11 is 0. The highest BCUT2D eigenvalue weighted by molar-refractivity contribution is 5.95. The van der Waals surface area contributed by atoms with E-state index in [1.807, 2.05) is 6.92 Å². The van der Waals surface area contributed by atoms with Gasteiger partial charge >= 0.3 is 0 Å². The van der Waals surface area contributed by atoms with Crippen molar-refractivity contribution in [2.75, 3.05) is 27.2 Å². The molecule has 0 unspecified atom stereocenters. The quantitative estimate of drug-likeness (QED) is 0.876. The summed E-state index contributed by atoms with van der Waals surface area (Å²) in [7, 11) is 3.27. The third-order valence-corrected chi connectivity index (χ3v) is 4.68. The average Bonchev–Trinajstić information content (AvgIpc) is 2.59. The molecular weight excluding hydrogens is 308 g/mol. The van der Waals surface area contributed by atoms with Crippen molar-refractivity contribution in [1.29, 1.82) is 0 Å². The van der Waals surface area contributed by atoms with Crippen LogP contribution in [-0.2, 0) is 9.53 Å². The molecule has 0 radical (unpaired) electrons. The predicted octanol–water partition coefficient (Wildman–Crippen LogP) is 1.24. The Morgan fingerprint density at radius 3 is 2.79 bits per heavy atom. The number of nitrogens with zero attached hydrogens (tertiary/aromatic N) is 3. The number of methoxy groups -OCH3 is 1. The molecule has 0 saturated carbocycles. The van der Waals surface area contributed by atoms with Gasteiger partial charge in [0.2, 0.25) is 5.91 Å². The van der Waals surface area contributed by atoms with Crippen LogP contribution in [0.15, 0.2) is 6.20 Å². The Bertz CT molecular complexity index is 620. The van der Waals surface area contributed by atoms with Gasteiger partial charge < -0.3 is 15.0 Å². The molecule has 2 amide bonds. The molecule has 0 aliphatic carbocycles. The van der Waals surface area contributed by atoms with E-state index in [0.29, 0.717) is 43.0 Å². The highest BCUT2D eigenvalue weighted by Gasteiger charge is 2.38. The maximum absolute atomic E-state index is 12.8. The van der Waals surface area contributed by atoms with E-state index in [9.17, 15) is 9.59 Å². The summed E-state index contributed by atoms with van der Waals surface area (Å²) in [5.74, 6) is 0.561. The van der Waals surface area contributed by atoms with Gasteiger partial charge in [-0.2, -0.15) is 0 Å². The van der Waals surface area contributed by atoms with Crippen LogP contribution in [-0.4, -0.2) is 59.5 Å². The second-order valence-corrected chi connectivity index (χ2v) is 6.31. The first-order valence-corrected chi connectivity index (χ1v) is 8.26. The van der Waals surface area contributed by atoms with E-state index < -0.39 is 5.60 Å². The van der Waals surface area contributed by atoms with Crippen LogP contribution in [0.25, 0.3) is 0 Å². The Morgan fingerprint density at radius 1 is 1.42 bits per heavy atom. The van der Waals surface area contributed by atoms with Crippen molar-refractivity contribution in [2.24, 2.45) is 0 Å². The van der Waals surface area contributed by atoms with Crippen LogP contribution < -0.4 is 5.32 Å². The van der Waals surface area contributed by atoms with E-state index in [2.05, 4.69) is 15.3 Å². The first kappa shape index (κ1) is 18.3. The number of likely N-dealkylation sites (tertiary alicyclic amines) is 1. The number of ether oxygens (including phenoxy) is 1. The fraction of sp³-hybridized carbons (Fsp3) is 0.647. The number of hydrogen-bond donors (Lipinski definition) is 1. The SMILES string of the molecule is CNC(=O)CC[C@@]1(OC)CCCN(C(=O)c2cnc(C)nc2C)C1. The van der Waals surface area contributed by atoms with Gasteiger partial charge in [0.1, 0.15) is 5.82 Å². The molecule has 1 aliphatic rings. The van der Waals surface area contributed by atoms with Crippen molar-refractivity contribution in [3.63, 3.8) is 0 Å². The van der Waals surface area contributed by atoms with Crippen LogP contribution >= 0.6 is 0 Å². The lowest BCUT2D eigenvalue weighted by Crippen LogP contribution is -2.52. The summed E-state index contributed by atoms with van der Waals surface area (Å²) in [4.78, 5) is 34.6. The molecule has 1 aromatic heterocycles. The number of carbonyl (C=O) groups is 2. The van der Waals surface area contributed by atoms with Crippen LogP contribution in [0.1, 0.15) is 47.6 Å². The molecule has 2 rings (SSSR count). The van der Waals surface area contributed by atoms with E-state index in [-0.39, 0.29) is 11.8 Å². The Labute approximate surface area is 142 Å². The number of aryl methyl sites for hydroxylation is 2. The number of nitrogens with one attached hydrogen (secondary N) is 1.